The van der Waals surface area contributed by atoms with Gasteiger partial charge < -0.3 is 10.4 Å². The molecule has 3 nitrogen and oxygen atoms in total. The largest absolute Gasteiger partial charge is 0.478 e. The number of benzene rings is 1. The Bertz CT molecular complexity index is 575. The Labute approximate surface area is 118 Å². The molecule has 1 aromatic carbocycles. The number of nitrogens with one attached hydrogen (secondary N) is 1. The molecule has 0 spiro atoms. The number of dihydropyridines is 1. The van der Waals surface area contributed by atoms with Gasteiger partial charge in [-0.15, -0.1) is 12.4 Å². The van der Waals surface area contributed by atoms with E-state index in [4.69, 9.17) is 5.11 Å². The van der Waals surface area contributed by atoms with E-state index in [1.54, 1.807) is 0 Å². The number of allylic oxidation sites excluding steroid dienone is 2. The van der Waals surface area contributed by atoms with Crippen molar-refractivity contribution < 1.29 is 9.90 Å². The van der Waals surface area contributed by atoms with Crippen molar-refractivity contribution in [1.29, 1.82) is 0 Å². The Hall–Kier alpha value is -1.74. The summed E-state index contributed by atoms with van der Waals surface area (Å²) in [4.78, 5) is 11.0. The zero-order valence-corrected chi connectivity index (χ0v) is 11.3. The van der Waals surface area contributed by atoms with E-state index in [0.29, 0.717) is 12.1 Å². The summed E-state index contributed by atoms with van der Waals surface area (Å²) in [5, 5.41) is 12.3. The van der Waals surface area contributed by atoms with Crippen molar-refractivity contribution in [2.75, 3.05) is 6.54 Å². The molecule has 1 aromatic rings. The van der Waals surface area contributed by atoms with E-state index in [9.17, 15) is 4.79 Å². The molecule has 2 aliphatic rings. The van der Waals surface area contributed by atoms with Gasteiger partial charge in [-0.3, -0.25) is 0 Å². The topological polar surface area (TPSA) is 49.3 Å². The number of carboxylic acid groups (broad SMARTS) is 1. The summed E-state index contributed by atoms with van der Waals surface area (Å²) < 4.78 is 0. The second kappa shape index (κ2) is 5.49. The molecule has 19 heavy (non-hydrogen) atoms. The molecule has 0 atom stereocenters. The smallest absolute Gasteiger partial charge is 0.333 e. The molecule has 0 saturated heterocycles. The maximum atomic E-state index is 11.0. The third kappa shape index (κ3) is 2.51. The molecule has 100 valence electrons. The van der Waals surface area contributed by atoms with Crippen molar-refractivity contribution in [2.24, 2.45) is 0 Å². The summed E-state index contributed by atoms with van der Waals surface area (Å²) in [5.74, 6) is -0.827. The fraction of sp³-hybridized carbons (Fsp3) is 0.267. The van der Waals surface area contributed by atoms with Crippen molar-refractivity contribution in [3.8, 4) is 0 Å². The van der Waals surface area contributed by atoms with Crippen LogP contribution in [-0.2, 0) is 11.2 Å². The fourth-order valence-electron chi connectivity index (χ4n) is 2.68. The van der Waals surface area contributed by atoms with Crippen molar-refractivity contribution in [2.45, 2.75) is 19.3 Å². The average Bonchev–Trinajstić information content (AvgIpc) is 2.57. The summed E-state index contributed by atoms with van der Waals surface area (Å²) in [6.45, 7) is 0.405. The van der Waals surface area contributed by atoms with Gasteiger partial charge in [-0.05, 0) is 36.5 Å². The molecule has 0 radical (unpaired) electrons. The monoisotopic (exact) mass is 277 g/mol. The van der Waals surface area contributed by atoms with Gasteiger partial charge in [-0.2, -0.15) is 0 Å². The molecule has 0 saturated carbocycles. The van der Waals surface area contributed by atoms with Crippen molar-refractivity contribution in [3.05, 3.63) is 52.6 Å². The van der Waals surface area contributed by atoms with Crippen LogP contribution in [0.3, 0.4) is 0 Å². The standard InChI is InChI=1S/C15H15NO2.ClH/c17-15(18)12-8-11-6-3-5-10-4-1-2-7-13(10)14(11)16-9-12;/h1-2,4,7-8,16H,3,5-6,9H2,(H,17,18);1H. The molecular formula is C15H16ClNO2. The lowest BCUT2D eigenvalue weighted by molar-refractivity contribution is -0.132. The van der Waals surface area contributed by atoms with Crippen LogP contribution in [0.1, 0.15) is 24.0 Å². The highest BCUT2D eigenvalue weighted by Gasteiger charge is 2.21. The predicted octanol–water partition coefficient (Wildman–Crippen LogP) is 2.77. The van der Waals surface area contributed by atoms with Crippen LogP contribution < -0.4 is 5.32 Å². The third-order valence-electron chi connectivity index (χ3n) is 3.58. The summed E-state index contributed by atoms with van der Waals surface area (Å²) in [6, 6.07) is 8.37. The Morgan fingerprint density at radius 1 is 1.21 bits per heavy atom. The van der Waals surface area contributed by atoms with E-state index in [0.717, 1.165) is 30.5 Å². The van der Waals surface area contributed by atoms with E-state index < -0.39 is 5.97 Å². The predicted molar refractivity (Wildman–Crippen MR) is 77.3 cm³/mol. The summed E-state index contributed by atoms with van der Waals surface area (Å²) in [7, 11) is 0. The van der Waals surface area contributed by atoms with Gasteiger partial charge in [0.1, 0.15) is 0 Å². The van der Waals surface area contributed by atoms with Gasteiger partial charge in [0.05, 0.1) is 5.57 Å². The van der Waals surface area contributed by atoms with Crippen LogP contribution in [0.4, 0.5) is 0 Å². The summed E-state index contributed by atoms with van der Waals surface area (Å²) in [5.41, 5.74) is 5.28. The van der Waals surface area contributed by atoms with Gasteiger partial charge in [0.25, 0.3) is 0 Å². The lowest BCUT2D eigenvalue weighted by Gasteiger charge is -2.20. The molecule has 0 amide bonds. The lowest BCUT2D eigenvalue weighted by atomic mass is 9.98. The minimum absolute atomic E-state index is 0. The number of carbonyl (C=O) groups is 1. The van der Waals surface area contributed by atoms with Crippen molar-refractivity contribution in [1.82, 2.24) is 5.32 Å². The van der Waals surface area contributed by atoms with Crippen molar-refractivity contribution in [3.63, 3.8) is 0 Å². The van der Waals surface area contributed by atoms with Crippen LogP contribution in [0.15, 0.2) is 41.5 Å². The average molecular weight is 278 g/mol. The zero-order valence-electron chi connectivity index (χ0n) is 10.5. The molecule has 2 N–H and O–H groups in total. The molecule has 3 rings (SSSR count). The number of rotatable bonds is 1. The van der Waals surface area contributed by atoms with Crippen molar-refractivity contribution >= 4 is 24.1 Å². The summed E-state index contributed by atoms with van der Waals surface area (Å²) in [6.07, 6.45) is 4.91. The number of hydrogen-bond donors (Lipinski definition) is 2. The van der Waals surface area contributed by atoms with Gasteiger partial charge in [-0.1, -0.05) is 24.3 Å². The normalized spacial score (nSPS) is 17.2. The van der Waals surface area contributed by atoms with Crippen LogP contribution in [0, 0.1) is 0 Å². The number of fused-ring (bicyclic) bond motifs is 2. The second-order valence-corrected chi connectivity index (χ2v) is 4.74. The van der Waals surface area contributed by atoms with Crippen LogP contribution in [-0.4, -0.2) is 17.6 Å². The van der Waals surface area contributed by atoms with E-state index in [1.807, 2.05) is 12.1 Å². The zero-order chi connectivity index (χ0) is 12.5. The minimum atomic E-state index is -0.827. The van der Waals surface area contributed by atoms with E-state index in [2.05, 4.69) is 23.5 Å². The molecule has 0 bridgehead atoms. The highest BCUT2D eigenvalue weighted by molar-refractivity contribution is 5.90. The number of carboxylic acids is 1. The molecule has 1 heterocycles. The molecule has 0 fully saturated rings. The Morgan fingerprint density at radius 3 is 2.79 bits per heavy atom. The first-order chi connectivity index (χ1) is 8.75. The fourth-order valence-corrected chi connectivity index (χ4v) is 2.68. The van der Waals surface area contributed by atoms with Gasteiger partial charge in [0.2, 0.25) is 0 Å². The third-order valence-corrected chi connectivity index (χ3v) is 3.58. The Kier molecular flexibility index (Phi) is 3.96. The first-order valence-electron chi connectivity index (χ1n) is 6.25. The number of halogens is 1. The molecule has 0 unspecified atom stereocenters. The van der Waals surface area contributed by atoms with E-state index in [1.165, 1.54) is 11.1 Å². The molecule has 1 aliphatic carbocycles. The maximum Gasteiger partial charge on any atom is 0.333 e. The quantitative estimate of drug-likeness (QED) is 0.830. The van der Waals surface area contributed by atoms with Gasteiger partial charge in [0.15, 0.2) is 0 Å². The highest BCUT2D eigenvalue weighted by atomic mass is 35.5. The second-order valence-electron chi connectivity index (χ2n) is 4.74. The number of aryl methyl sites for hydroxylation is 1. The van der Waals surface area contributed by atoms with Crippen LogP contribution in [0.5, 0.6) is 0 Å². The van der Waals surface area contributed by atoms with E-state index >= 15 is 0 Å². The minimum Gasteiger partial charge on any atom is -0.478 e. The SMILES string of the molecule is Cl.O=C(O)C1=CC2=C(NC1)c1ccccc1CCC2. The highest BCUT2D eigenvalue weighted by Crippen LogP contribution is 2.31. The maximum absolute atomic E-state index is 11.0. The first kappa shape index (κ1) is 13.7. The van der Waals surface area contributed by atoms with Crippen LogP contribution >= 0.6 is 12.4 Å². The Morgan fingerprint density at radius 2 is 2.00 bits per heavy atom. The van der Waals surface area contributed by atoms with Gasteiger partial charge >= 0.3 is 5.97 Å². The molecule has 4 heteroatoms. The number of aliphatic carboxylic acids is 1. The summed E-state index contributed by atoms with van der Waals surface area (Å²) >= 11 is 0. The molecule has 0 aromatic heterocycles. The van der Waals surface area contributed by atoms with Crippen LogP contribution in [0.25, 0.3) is 5.70 Å². The van der Waals surface area contributed by atoms with Crippen LogP contribution in [0.2, 0.25) is 0 Å². The number of hydrogen-bond acceptors (Lipinski definition) is 2. The Balaban J connectivity index is 0.00000133. The first-order valence-corrected chi connectivity index (χ1v) is 6.25. The molecular weight excluding hydrogens is 262 g/mol. The lowest BCUT2D eigenvalue weighted by Crippen LogP contribution is -2.24. The van der Waals surface area contributed by atoms with Gasteiger partial charge in [0, 0.05) is 17.8 Å². The van der Waals surface area contributed by atoms with Gasteiger partial charge in [-0.25, -0.2) is 4.79 Å². The van der Waals surface area contributed by atoms with E-state index in [-0.39, 0.29) is 12.4 Å². The molecule has 1 aliphatic heterocycles.